The molecule has 0 aliphatic rings. The summed E-state index contributed by atoms with van der Waals surface area (Å²) in [5.74, 6) is 1.67. The lowest BCUT2D eigenvalue weighted by molar-refractivity contribution is 0.340. The predicted molar refractivity (Wildman–Crippen MR) is 115 cm³/mol. The van der Waals surface area contributed by atoms with Gasteiger partial charge in [-0.25, -0.2) is 9.97 Å². The number of aryl methyl sites for hydroxylation is 1. The molecule has 146 valence electrons. The lowest BCUT2D eigenvalue weighted by atomic mass is 9.96. The van der Waals surface area contributed by atoms with Crippen molar-refractivity contribution in [3.8, 4) is 11.5 Å². The molecule has 0 radical (unpaired) electrons. The molecule has 2 aromatic carbocycles. The minimum absolute atomic E-state index is 0.168. The molecule has 2 heterocycles. The monoisotopic (exact) mass is 385 g/mol. The number of phenolic OH excluding ortho intramolecular Hbond substituents is 1. The van der Waals surface area contributed by atoms with Crippen molar-refractivity contribution >= 4 is 16.7 Å². The van der Waals surface area contributed by atoms with Gasteiger partial charge in [0.2, 0.25) is 0 Å². The molecule has 2 N–H and O–H groups in total. The SMILES string of the molecule is CCOc1cccc([C@@H](Nc2ccccn2)c2ccc3ccc(C)nc3c2O)c1. The highest BCUT2D eigenvalue weighted by Gasteiger charge is 2.21. The van der Waals surface area contributed by atoms with E-state index >= 15 is 0 Å². The fraction of sp³-hybridized carbons (Fsp3) is 0.167. The van der Waals surface area contributed by atoms with Crippen molar-refractivity contribution in [2.45, 2.75) is 19.9 Å². The van der Waals surface area contributed by atoms with E-state index in [2.05, 4.69) is 15.3 Å². The number of benzene rings is 2. The van der Waals surface area contributed by atoms with Crippen LogP contribution in [0.3, 0.4) is 0 Å². The largest absolute Gasteiger partial charge is 0.505 e. The quantitative estimate of drug-likeness (QED) is 0.475. The molecular weight excluding hydrogens is 362 g/mol. The molecule has 2 aromatic heterocycles. The summed E-state index contributed by atoms with van der Waals surface area (Å²) in [5, 5.41) is 15.4. The Morgan fingerprint density at radius 3 is 2.69 bits per heavy atom. The number of aromatic nitrogens is 2. The molecule has 0 aliphatic carbocycles. The van der Waals surface area contributed by atoms with Crippen molar-refractivity contribution in [1.29, 1.82) is 0 Å². The van der Waals surface area contributed by atoms with Crippen LogP contribution >= 0.6 is 0 Å². The maximum Gasteiger partial charge on any atom is 0.147 e. The van der Waals surface area contributed by atoms with Gasteiger partial charge < -0.3 is 15.2 Å². The number of phenols is 1. The number of nitrogens with zero attached hydrogens (tertiary/aromatic N) is 2. The van der Waals surface area contributed by atoms with Crippen molar-refractivity contribution in [2.24, 2.45) is 0 Å². The Morgan fingerprint density at radius 2 is 1.90 bits per heavy atom. The zero-order chi connectivity index (χ0) is 20.2. The Bertz CT molecular complexity index is 1130. The Hall–Kier alpha value is -3.60. The fourth-order valence-corrected chi connectivity index (χ4v) is 3.41. The number of anilines is 1. The molecule has 5 heteroatoms. The minimum atomic E-state index is -0.322. The zero-order valence-corrected chi connectivity index (χ0v) is 16.5. The third kappa shape index (κ3) is 3.99. The first kappa shape index (κ1) is 18.7. The van der Waals surface area contributed by atoms with Crippen LogP contribution in [-0.4, -0.2) is 21.7 Å². The van der Waals surface area contributed by atoms with Crippen LogP contribution in [0.2, 0.25) is 0 Å². The van der Waals surface area contributed by atoms with Crippen LogP contribution in [0.15, 0.2) is 72.9 Å². The number of hydrogen-bond donors (Lipinski definition) is 2. The Labute approximate surface area is 170 Å². The van der Waals surface area contributed by atoms with Crippen LogP contribution in [0.5, 0.6) is 11.5 Å². The van der Waals surface area contributed by atoms with E-state index in [9.17, 15) is 5.11 Å². The molecule has 0 saturated heterocycles. The lowest BCUT2D eigenvalue weighted by Crippen LogP contribution is -2.14. The molecule has 0 spiro atoms. The van der Waals surface area contributed by atoms with Crippen molar-refractivity contribution < 1.29 is 9.84 Å². The zero-order valence-electron chi connectivity index (χ0n) is 16.5. The number of pyridine rings is 2. The first-order chi connectivity index (χ1) is 14.2. The van der Waals surface area contributed by atoms with Crippen molar-refractivity contribution in [3.05, 3.63) is 89.7 Å². The van der Waals surface area contributed by atoms with Crippen molar-refractivity contribution in [1.82, 2.24) is 9.97 Å². The Balaban J connectivity index is 1.85. The third-order valence-corrected chi connectivity index (χ3v) is 4.78. The van der Waals surface area contributed by atoms with Gasteiger partial charge in [-0.2, -0.15) is 0 Å². The maximum absolute atomic E-state index is 11.1. The van der Waals surface area contributed by atoms with Gasteiger partial charge in [-0.3, -0.25) is 0 Å². The molecule has 0 unspecified atom stereocenters. The van der Waals surface area contributed by atoms with E-state index in [1.54, 1.807) is 6.20 Å². The lowest BCUT2D eigenvalue weighted by Gasteiger charge is -2.22. The number of rotatable bonds is 6. The molecule has 0 amide bonds. The van der Waals surface area contributed by atoms with Gasteiger partial charge in [0.25, 0.3) is 0 Å². The molecule has 4 rings (SSSR count). The summed E-state index contributed by atoms with van der Waals surface area (Å²) in [7, 11) is 0. The second-order valence-electron chi connectivity index (χ2n) is 6.83. The minimum Gasteiger partial charge on any atom is -0.505 e. The molecule has 5 nitrogen and oxygen atoms in total. The highest BCUT2D eigenvalue weighted by molar-refractivity contribution is 5.86. The highest BCUT2D eigenvalue weighted by Crippen LogP contribution is 2.37. The first-order valence-electron chi connectivity index (χ1n) is 9.65. The highest BCUT2D eigenvalue weighted by atomic mass is 16.5. The normalized spacial score (nSPS) is 11.9. The summed E-state index contributed by atoms with van der Waals surface area (Å²) >= 11 is 0. The summed E-state index contributed by atoms with van der Waals surface area (Å²) in [6, 6.07) is 21.1. The molecule has 29 heavy (non-hydrogen) atoms. The fourth-order valence-electron chi connectivity index (χ4n) is 3.41. The molecule has 4 aromatic rings. The van der Waals surface area contributed by atoms with Crippen LogP contribution in [0.1, 0.15) is 29.8 Å². The van der Waals surface area contributed by atoms with E-state index < -0.39 is 0 Å². The van der Waals surface area contributed by atoms with E-state index in [4.69, 9.17) is 4.74 Å². The van der Waals surface area contributed by atoms with Gasteiger partial charge in [0.15, 0.2) is 0 Å². The first-order valence-corrected chi connectivity index (χ1v) is 9.65. The third-order valence-electron chi connectivity index (χ3n) is 4.78. The smallest absolute Gasteiger partial charge is 0.147 e. The Kier molecular flexibility index (Phi) is 5.29. The molecule has 0 aliphatic heterocycles. The van der Waals surface area contributed by atoms with Crippen molar-refractivity contribution in [2.75, 3.05) is 11.9 Å². The second kappa shape index (κ2) is 8.19. The number of aromatic hydroxyl groups is 1. The van der Waals surface area contributed by atoms with Crippen LogP contribution in [-0.2, 0) is 0 Å². The van der Waals surface area contributed by atoms with Crippen LogP contribution in [0.25, 0.3) is 10.9 Å². The summed E-state index contributed by atoms with van der Waals surface area (Å²) < 4.78 is 5.68. The van der Waals surface area contributed by atoms with Gasteiger partial charge >= 0.3 is 0 Å². The van der Waals surface area contributed by atoms with Crippen LogP contribution in [0.4, 0.5) is 5.82 Å². The van der Waals surface area contributed by atoms with E-state index in [0.717, 1.165) is 33.8 Å². The van der Waals surface area contributed by atoms with Gasteiger partial charge in [0.1, 0.15) is 22.8 Å². The average Bonchev–Trinajstić information content (AvgIpc) is 2.74. The molecule has 0 fully saturated rings. The molecule has 0 bridgehead atoms. The standard InChI is InChI=1S/C24H23N3O2/c1-3-29-19-8-6-7-18(15-19)22(27-21-9-4-5-14-25-21)20-13-12-17-11-10-16(2)26-23(17)24(20)28/h4-15,22,28H,3H2,1-2H3,(H,25,27)/t22-/m1/s1. The molecule has 0 saturated carbocycles. The van der Waals surface area contributed by atoms with Gasteiger partial charge in [0, 0.05) is 22.8 Å². The summed E-state index contributed by atoms with van der Waals surface area (Å²) in [6.07, 6.45) is 1.74. The number of ether oxygens (including phenoxy) is 1. The average molecular weight is 385 g/mol. The number of nitrogens with one attached hydrogen (secondary N) is 1. The van der Waals surface area contributed by atoms with Gasteiger partial charge in [-0.1, -0.05) is 36.4 Å². The van der Waals surface area contributed by atoms with Crippen LogP contribution in [0, 0.1) is 6.92 Å². The van der Waals surface area contributed by atoms with E-state index in [1.165, 1.54) is 0 Å². The van der Waals surface area contributed by atoms with Gasteiger partial charge in [-0.05, 0) is 49.7 Å². The summed E-state index contributed by atoms with van der Waals surface area (Å²) in [5.41, 5.74) is 3.15. The Morgan fingerprint density at radius 1 is 1.03 bits per heavy atom. The van der Waals surface area contributed by atoms with Crippen LogP contribution < -0.4 is 10.1 Å². The number of hydrogen-bond acceptors (Lipinski definition) is 5. The predicted octanol–water partition coefficient (Wildman–Crippen LogP) is 5.24. The second-order valence-corrected chi connectivity index (χ2v) is 6.83. The summed E-state index contributed by atoms with van der Waals surface area (Å²) in [6.45, 7) is 4.46. The van der Waals surface area contributed by atoms with Gasteiger partial charge in [-0.15, -0.1) is 0 Å². The van der Waals surface area contributed by atoms with E-state index in [1.807, 2.05) is 80.6 Å². The van der Waals surface area contributed by atoms with Gasteiger partial charge in [0.05, 0.1) is 12.6 Å². The maximum atomic E-state index is 11.1. The van der Waals surface area contributed by atoms with Crippen molar-refractivity contribution in [3.63, 3.8) is 0 Å². The van der Waals surface area contributed by atoms with E-state index in [0.29, 0.717) is 12.1 Å². The van der Waals surface area contributed by atoms with E-state index in [-0.39, 0.29) is 11.8 Å². The molecular formula is C24H23N3O2. The summed E-state index contributed by atoms with van der Waals surface area (Å²) in [4.78, 5) is 8.94. The molecule has 1 atom stereocenters. The number of fused-ring (bicyclic) bond motifs is 1. The topological polar surface area (TPSA) is 67.3 Å².